The van der Waals surface area contributed by atoms with Gasteiger partial charge in [-0.25, -0.2) is 0 Å². The molecule has 0 aliphatic heterocycles. The predicted molar refractivity (Wildman–Crippen MR) is 83.7 cm³/mol. The second kappa shape index (κ2) is 6.96. The molecule has 0 bridgehead atoms. The summed E-state index contributed by atoms with van der Waals surface area (Å²) >= 11 is 0. The second-order valence-corrected chi connectivity index (χ2v) is 4.73. The highest BCUT2D eigenvalue weighted by molar-refractivity contribution is 5.45. The predicted octanol–water partition coefficient (Wildman–Crippen LogP) is 4.69. The molecule has 0 heterocycles. The number of benzene rings is 2. The van der Waals surface area contributed by atoms with Gasteiger partial charge in [-0.15, -0.1) is 0 Å². The highest BCUT2D eigenvalue weighted by Gasteiger charge is 2.00. The maximum Gasteiger partial charge on any atom is 0.0860 e. The fraction of sp³-hybridized carbons (Fsp3) is 0.294. The van der Waals surface area contributed by atoms with E-state index in [0.29, 0.717) is 6.54 Å². The molecule has 0 amide bonds. The van der Waals surface area contributed by atoms with Gasteiger partial charge in [-0.1, -0.05) is 32.0 Å². The Hall–Kier alpha value is -2.00. The molecule has 2 N–H and O–H groups in total. The number of nitrogens with two attached hydrogens (primary N) is 1. The van der Waals surface area contributed by atoms with Crippen molar-refractivity contribution in [2.45, 2.75) is 33.2 Å². The first-order valence-electron chi connectivity index (χ1n) is 7.09. The molecule has 2 rings (SSSR count). The van der Waals surface area contributed by atoms with Gasteiger partial charge < -0.3 is 5.73 Å². The first-order valence-corrected chi connectivity index (χ1v) is 7.09. The molecule has 0 spiro atoms. The van der Waals surface area contributed by atoms with E-state index in [4.69, 9.17) is 5.73 Å². The van der Waals surface area contributed by atoms with Crippen molar-refractivity contribution in [3.63, 3.8) is 0 Å². The van der Waals surface area contributed by atoms with Crippen molar-refractivity contribution in [3.8, 4) is 0 Å². The average molecular weight is 267 g/mol. The maximum atomic E-state index is 5.76. The minimum absolute atomic E-state index is 0.539. The maximum absolute atomic E-state index is 5.76. The molecule has 0 radical (unpaired) electrons. The lowest BCUT2D eigenvalue weighted by molar-refractivity contribution is 1.00. The zero-order valence-electron chi connectivity index (χ0n) is 12.1. The molecule has 0 fully saturated rings. The highest BCUT2D eigenvalue weighted by Crippen LogP contribution is 2.22. The van der Waals surface area contributed by atoms with Crippen LogP contribution in [0.4, 0.5) is 11.4 Å². The largest absolute Gasteiger partial charge is 0.326 e. The minimum atomic E-state index is 0.539. The molecule has 2 aromatic carbocycles. The number of nitrogens with zero attached hydrogens (tertiary/aromatic N) is 2. The van der Waals surface area contributed by atoms with Gasteiger partial charge in [0, 0.05) is 6.54 Å². The second-order valence-electron chi connectivity index (χ2n) is 4.73. The van der Waals surface area contributed by atoms with Gasteiger partial charge >= 0.3 is 0 Å². The number of azo groups is 1. The van der Waals surface area contributed by atoms with Crippen LogP contribution < -0.4 is 5.73 Å². The van der Waals surface area contributed by atoms with Crippen LogP contribution in [0.25, 0.3) is 0 Å². The number of aryl methyl sites for hydroxylation is 2. The van der Waals surface area contributed by atoms with Crippen LogP contribution in [0.2, 0.25) is 0 Å². The molecule has 0 aliphatic rings. The van der Waals surface area contributed by atoms with E-state index >= 15 is 0 Å². The van der Waals surface area contributed by atoms with E-state index in [2.05, 4.69) is 42.3 Å². The topological polar surface area (TPSA) is 50.7 Å². The molecular formula is C17H21N3. The van der Waals surface area contributed by atoms with Crippen molar-refractivity contribution in [3.05, 3.63) is 59.2 Å². The number of rotatable bonds is 5. The molecule has 0 saturated heterocycles. The van der Waals surface area contributed by atoms with Crippen molar-refractivity contribution >= 4 is 11.4 Å². The first kappa shape index (κ1) is 14.4. The monoisotopic (exact) mass is 267 g/mol. The highest BCUT2D eigenvalue weighted by atomic mass is 15.1. The van der Waals surface area contributed by atoms with Crippen molar-refractivity contribution in [2.75, 3.05) is 0 Å². The normalized spacial score (nSPS) is 11.2. The summed E-state index contributed by atoms with van der Waals surface area (Å²) in [5.41, 5.74) is 11.2. The summed E-state index contributed by atoms with van der Waals surface area (Å²) in [5.74, 6) is 0. The van der Waals surface area contributed by atoms with Crippen molar-refractivity contribution < 1.29 is 0 Å². The Morgan fingerprint density at radius 2 is 1.45 bits per heavy atom. The van der Waals surface area contributed by atoms with E-state index in [0.717, 1.165) is 29.8 Å². The van der Waals surface area contributed by atoms with Gasteiger partial charge in [-0.3, -0.25) is 0 Å². The SMILES string of the molecule is CCc1ccc(N=Nc2ccc(CC)c(CN)c2)cc1. The zero-order valence-corrected chi connectivity index (χ0v) is 12.1. The molecule has 3 heteroatoms. The Balaban J connectivity index is 2.17. The van der Waals surface area contributed by atoms with Crippen molar-refractivity contribution in [1.82, 2.24) is 0 Å². The third-order valence-corrected chi connectivity index (χ3v) is 3.42. The molecular weight excluding hydrogens is 246 g/mol. The molecule has 2 aromatic rings. The van der Waals surface area contributed by atoms with Gasteiger partial charge in [-0.2, -0.15) is 10.2 Å². The molecule has 0 saturated carbocycles. The van der Waals surface area contributed by atoms with Crippen molar-refractivity contribution in [2.24, 2.45) is 16.0 Å². The lowest BCUT2D eigenvalue weighted by Crippen LogP contribution is -2.00. The Morgan fingerprint density at radius 1 is 0.800 bits per heavy atom. The summed E-state index contributed by atoms with van der Waals surface area (Å²) in [6.07, 6.45) is 2.03. The summed E-state index contributed by atoms with van der Waals surface area (Å²) in [4.78, 5) is 0. The average Bonchev–Trinajstić information content (AvgIpc) is 2.53. The van der Waals surface area contributed by atoms with Crippen LogP contribution in [-0.2, 0) is 19.4 Å². The van der Waals surface area contributed by atoms with E-state index in [-0.39, 0.29) is 0 Å². The van der Waals surface area contributed by atoms with E-state index < -0.39 is 0 Å². The van der Waals surface area contributed by atoms with E-state index in [1.165, 1.54) is 11.1 Å². The summed E-state index contributed by atoms with van der Waals surface area (Å²) in [6, 6.07) is 14.2. The Kier molecular flexibility index (Phi) is 5.02. The van der Waals surface area contributed by atoms with Gasteiger partial charge in [0.15, 0.2) is 0 Å². The molecule has 0 aliphatic carbocycles. The molecule has 0 unspecified atom stereocenters. The fourth-order valence-electron chi connectivity index (χ4n) is 2.12. The quantitative estimate of drug-likeness (QED) is 0.785. The van der Waals surface area contributed by atoms with Crippen LogP contribution in [0.3, 0.4) is 0 Å². The third-order valence-electron chi connectivity index (χ3n) is 3.42. The van der Waals surface area contributed by atoms with E-state index in [9.17, 15) is 0 Å². The molecule has 0 aromatic heterocycles. The lowest BCUT2D eigenvalue weighted by Gasteiger charge is -2.05. The fourth-order valence-corrected chi connectivity index (χ4v) is 2.12. The summed E-state index contributed by atoms with van der Waals surface area (Å²) in [7, 11) is 0. The van der Waals surface area contributed by atoms with Gasteiger partial charge in [-0.05, 0) is 53.8 Å². The Labute approximate surface area is 120 Å². The van der Waals surface area contributed by atoms with E-state index in [1.807, 2.05) is 24.3 Å². The Morgan fingerprint density at radius 3 is 2.05 bits per heavy atom. The van der Waals surface area contributed by atoms with E-state index in [1.54, 1.807) is 0 Å². The van der Waals surface area contributed by atoms with Crippen LogP contribution in [0.1, 0.15) is 30.5 Å². The zero-order chi connectivity index (χ0) is 14.4. The molecule has 104 valence electrons. The summed E-state index contributed by atoms with van der Waals surface area (Å²) in [5, 5.41) is 8.55. The Bertz CT molecular complexity index is 586. The van der Waals surface area contributed by atoms with Gasteiger partial charge in [0.2, 0.25) is 0 Å². The van der Waals surface area contributed by atoms with Gasteiger partial charge in [0.05, 0.1) is 11.4 Å². The summed E-state index contributed by atoms with van der Waals surface area (Å²) in [6.45, 7) is 4.81. The lowest BCUT2D eigenvalue weighted by atomic mass is 10.0. The van der Waals surface area contributed by atoms with Crippen LogP contribution in [0.15, 0.2) is 52.7 Å². The van der Waals surface area contributed by atoms with Crippen LogP contribution in [-0.4, -0.2) is 0 Å². The molecule has 0 atom stereocenters. The number of hydrogen-bond acceptors (Lipinski definition) is 3. The van der Waals surface area contributed by atoms with Gasteiger partial charge in [0.1, 0.15) is 0 Å². The minimum Gasteiger partial charge on any atom is -0.326 e. The van der Waals surface area contributed by atoms with Crippen molar-refractivity contribution in [1.29, 1.82) is 0 Å². The van der Waals surface area contributed by atoms with Crippen LogP contribution in [0.5, 0.6) is 0 Å². The van der Waals surface area contributed by atoms with Crippen LogP contribution >= 0.6 is 0 Å². The standard InChI is InChI=1S/C17H21N3/c1-3-13-5-8-16(9-6-13)19-20-17-10-7-14(4-2)15(11-17)12-18/h5-11H,3-4,12,18H2,1-2H3. The molecule has 20 heavy (non-hydrogen) atoms. The smallest absolute Gasteiger partial charge is 0.0860 e. The first-order chi connectivity index (χ1) is 9.76. The molecule has 3 nitrogen and oxygen atoms in total. The third kappa shape index (κ3) is 3.52. The summed E-state index contributed by atoms with van der Waals surface area (Å²) < 4.78 is 0. The van der Waals surface area contributed by atoms with Crippen LogP contribution in [0, 0.1) is 0 Å². The van der Waals surface area contributed by atoms with Gasteiger partial charge in [0.25, 0.3) is 0 Å². The number of hydrogen-bond donors (Lipinski definition) is 1.